The Morgan fingerprint density at radius 3 is 2.81 bits per heavy atom. The highest BCUT2D eigenvalue weighted by atomic mass is 35.5. The van der Waals surface area contributed by atoms with Crippen molar-refractivity contribution in [3.8, 4) is 0 Å². The molecule has 4 nitrogen and oxygen atoms in total. The number of carbonyl (C=O) groups is 1. The summed E-state index contributed by atoms with van der Waals surface area (Å²) < 4.78 is 5.50. The number of pyridine rings is 1. The minimum atomic E-state index is -0.102. The van der Waals surface area contributed by atoms with Gasteiger partial charge in [-0.2, -0.15) is 0 Å². The van der Waals surface area contributed by atoms with Crippen LogP contribution >= 0.6 is 11.6 Å². The van der Waals surface area contributed by atoms with Crippen LogP contribution in [0.3, 0.4) is 0 Å². The predicted octanol–water partition coefficient (Wildman–Crippen LogP) is 3.19. The summed E-state index contributed by atoms with van der Waals surface area (Å²) in [5.74, 6) is -0.102. The van der Waals surface area contributed by atoms with Crippen LogP contribution in [0.4, 0.5) is 0 Å². The number of hydrogen-bond acceptors (Lipinski definition) is 3. The van der Waals surface area contributed by atoms with Gasteiger partial charge in [0.05, 0.1) is 11.7 Å². The zero-order valence-electron chi connectivity index (χ0n) is 11.8. The van der Waals surface area contributed by atoms with Gasteiger partial charge in [0, 0.05) is 24.2 Å². The minimum Gasteiger partial charge on any atom is -0.378 e. The molecule has 1 aliphatic carbocycles. The highest BCUT2D eigenvalue weighted by molar-refractivity contribution is 6.34. The second-order valence-corrected chi connectivity index (χ2v) is 5.59. The fourth-order valence-corrected chi connectivity index (χ4v) is 2.87. The summed E-state index contributed by atoms with van der Waals surface area (Å²) in [4.78, 5) is 16.5. The second-order valence-electron chi connectivity index (χ2n) is 5.23. The lowest BCUT2D eigenvalue weighted by Crippen LogP contribution is -2.47. The van der Waals surface area contributed by atoms with E-state index in [2.05, 4.69) is 10.3 Å². The first-order chi connectivity index (χ1) is 10.2. The number of fused-ring (bicyclic) bond motifs is 1. The van der Waals surface area contributed by atoms with Gasteiger partial charge in [-0.15, -0.1) is 0 Å². The van der Waals surface area contributed by atoms with Gasteiger partial charge < -0.3 is 10.1 Å². The zero-order valence-corrected chi connectivity index (χ0v) is 12.6. The van der Waals surface area contributed by atoms with E-state index in [0.717, 1.165) is 30.2 Å². The maximum atomic E-state index is 12.4. The van der Waals surface area contributed by atoms with Crippen molar-refractivity contribution in [3.63, 3.8) is 0 Å². The maximum absolute atomic E-state index is 12.4. The van der Waals surface area contributed by atoms with Crippen molar-refractivity contribution in [1.82, 2.24) is 10.3 Å². The van der Waals surface area contributed by atoms with Crippen LogP contribution in [0.2, 0.25) is 5.15 Å². The van der Waals surface area contributed by atoms with Crippen molar-refractivity contribution in [3.05, 3.63) is 41.2 Å². The normalized spacial score (nSPS) is 21.0. The van der Waals surface area contributed by atoms with Crippen molar-refractivity contribution in [1.29, 1.82) is 0 Å². The molecular weight excluding hydrogens is 288 g/mol. The standard InChI is InChI=1S/C16H17ClN2O2/c1-2-21-11-7-10(8-11)19-16(20)14-9-18-15(17)13-6-4-3-5-12(13)14/h3-6,9-11H,2,7-8H2,1H3,(H,19,20). The predicted molar refractivity (Wildman–Crippen MR) is 82.7 cm³/mol. The summed E-state index contributed by atoms with van der Waals surface area (Å²) in [5.41, 5.74) is 0.565. The Hall–Kier alpha value is -1.65. The van der Waals surface area contributed by atoms with E-state index in [4.69, 9.17) is 16.3 Å². The molecule has 1 saturated carbocycles. The van der Waals surface area contributed by atoms with Gasteiger partial charge in [-0.3, -0.25) is 4.79 Å². The summed E-state index contributed by atoms with van der Waals surface area (Å²) in [6, 6.07) is 7.72. The van der Waals surface area contributed by atoms with Crippen molar-refractivity contribution >= 4 is 28.3 Å². The Balaban J connectivity index is 1.75. The fourth-order valence-electron chi connectivity index (χ4n) is 2.66. The van der Waals surface area contributed by atoms with E-state index in [-0.39, 0.29) is 18.1 Å². The molecule has 21 heavy (non-hydrogen) atoms. The summed E-state index contributed by atoms with van der Waals surface area (Å²) in [6.07, 6.45) is 3.57. The van der Waals surface area contributed by atoms with Gasteiger partial charge in [-0.05, 0) is 25.2 Å². The van der Waals surface area contributed by atoms with E-state index >= 15 is 0 Å². The highest BCUT2D eigenvalue weighted by Crippen LogP contribution is 2.26. The smallest absolute Gasteiger partial charge is 0.253 e. The SMILES string of the molecule is CCOC1CC(NC(=O)c2cnc(Cl)c3ccccc23)C1. The third-order valence-corrected chi connectivity index (χ3v) is 4.12. The zero-order chi connectivity index (χ0) is 14.8. The molecule has 1 amide bonds. The molecule has 2 aromatic rings. The molecule has 1 aromatic heterocycles. The Labute approximate surface area is 128 Å². The third kappa shape index (κ3) is 2.87. The van der Waals surface area contributed by atoms with Crippen LogP contribution in [0.15, 0.2) is 30.5 Å². The van der Waals surface area contributed by atoms with Crippen molar-refractivity contribution in [2.24, 2.45) is 0 Å². The van der Waals surface area contributed by atoms with Crippen molar-refractivity contribution in [2.75, 3.05) is 6.61 Å². The molecule has 0 saturated heterocycles. The lowest BCUT2D eigenvalue weighted by Gasteiger charge is -2.35. The lowest BCUT2D eigenvalue weighted by atomic mass is 9.89. The minimum absolute atomic E-state index is 0.102. The molecule has 110 valence electrons. The molecule has 1 fully saturated rings. The Morgan fingerprint density at radius 1 is 1.38 bits per heavy atom. The van der Waals surface area contributed by atoms with E-state index in [1.165, 1.54) is 0 Å². The molecule has 1 N–H and O–H groups in total. The second kappa shape index (κ2) is 6.00. The molecule has 1 aliphatic rings. The number of ether oxygens (including phenoxy) is 1. The topological polar surface area (TPSA) is 51.2 Å². The number of rotatable bonds is 4. The Kier molecular flexibility index (Phi) is 4.08. The first kappa shape index (κ1) is 14.3. The lowest BCUT2D eigenvalue weighted by molar-refractivity contribution is -0.00861. The van der Waals surface area contributed by atoms with E-state index in [9.17, 15) is 4.79 Å². The molecule has 5 heteroatoms. The number of benzene rings is 1. The summed E-state index contributed by atoms with van der Waals surface area (Å²) in [6.45, 7) is 2.70. The highest BCUT2D eigenvalue weighted by Gasteiger charge is 2.31. The van der Waals surface area contributed by atoms with Gasteiger partial charge in [0.1, 0.15) is 5.15 Å². The van der Waals surface area contributed by atoms with Crippen LogP contribution in [-0.4, -0.2) is 29.6 Å². The molecule has 0 radical (unpaired) electrons. The van der Waals surface area contributed by atoms with Gasteiger partial charge in [0.25, 0.3) is 5.91 Å². The Morgan fingerprint density at radius 2 is 2.10 bits per heavy atom. The molecule has 1 aromatic carbocycles. The first-order valence-electron chi connectivity index (χ1n) is 7.14. The fraction of sp³-hybridized carbons (Fsp3) is 0.375. The first-order valence-corrected chi connectivity index (χ1v) is 7.52. The van der Waals surface area contributed by atoms with Crippen molar-refractivity contribution < 1.29 is 9.53 Å². The van der Waals surface area contributed by atoms with Gasteiger partial charge >= 0.3 is 0 Å². The Bertz CT molecular complexity index is 668. The van der Waals surface area contributed by atoms with Gasteiger partial charge in [0.2, 0.25) is 0 Å². The largest absolute Gasteiger partial charge is 0.378 e. The molecule has 0 aliphatic heterocycles. The molecule has 3 rings (SSSR count). The molecule has 0 unspecified atom stereocenters. The molecule has 1 heterocycles. The van der Waals surface area contributed by atoms with E-state index in [1.807, 2.05) is 31.2 Å². The van der Waals surface area contributed by atoms with Crippen LogP contribution in [0, 0.1) is 0 Å². The quantitative estimate of drug-likeness (QED) is 0.883. The number of hydrogen-bond donors (Lipinski definition) is 1. The summed E-state index contributed by atoms with van der Waals surface area (Å²) >= 11 is 6.07. The monoisotopic (exact) mass is 304 g/mol. The number of aromatic nitrogens is 1. The van der Waals surface area contributed by atoms with Crippen LogP contribution in [0.5, 0.6) is 0 Å². The van der Waals surface area contributed by atoms with E-state index < -0.39 is 0 Å². The number of nitrogens with zero attached hydrogens (tertiary/aromatic N) is 1. The van der Waals surface area contributed by atoms with E-state index in [1.54, 1.807) is 6.20 Å². The number of nitrogens with one attached hydrogen (secondary N) is 1. The van der Waals surface area contributed by atoms with Gasteiger partial charge in [-0.1, -0.05) is 35.9 Å². The van der Waals surface area contributed by atoms with Crippen LogP contribution in [0.25, 0.3) is 10.8 Å². The average Bonchev–Trinajstić information content (AvgIpc) is 2.45. The molecule has 0 atom stereocenters. The molecule has 0 spiro atoms. The van der Waals surface area contributed by atoms with Crippen LogP contribution in [0.1, 0.15) is 30.1 Å². The summed E-state index contributed by atoms with van der Waals surface area (Å²) in [7, 11) is 0. The van der Waals surface area contributed by atoms with E-state index in [0.29, 0.717) is 10.7 Å². The maximum Gasteiger partial charge on any atom is 0.253 e. The average molecular weight is 305 g/mol. The molecule has 0 bridgehead atoms. The number of amides is 1. The van der Waals surface area contributed by atoms with Crippen LogP contribution in [-0.2, 0) is 4.74 Å². The number of halogens is 1. The third-order valence-electron chi connectivity index (χ3n) is 3.82. The van der Waals surface area contributed by atoms with Gasteiger partial charge in [0.15, 0.2) is 0 Å². The molecular formula is C16H17ClN2O2. The van der Waals surface area contributed by atoms with Crippen molar-refractivity contribution in [2.45, 2.75) is 31.9 Å². The van der Waals surface area contributed by atoms with Crippen LogP contribution < -0.4 is 5.32 Å². The summed E-state index contributed by atoms with van der Waals surface area (Å²) in [5, 5.41) is 5.08. The number of carbonyl (C=O) groups excluding carboxylic acids is 1. The van der Waals surface area contributed by atoms with Gasteiger partial charge in [-0.25, -0.2) is 4.98 Å².